The van der Waals surface area contributed by atoms with Gasteiger partial charge in [-0.15, -0.1) is 24.8 Å². The number of nitrogens with one attached hydrogen (secondary N) is 2. The Hall–Kier alpha value is -0.0400. The van der Waals surface area contributed by atoms with Gasteiger partial charge < -0.3 is 11.5 Å². The predicted octanol–water partition coefficient (Wildman–Crippen LogP) is 1.64. The number of halogens is 2. The fourth-order valence-electron chi connectivity index (χ4n) is 0.412. The lowest BCUT2D eigenvalue weighted by Gasteiger charge is -1.92. The first kappa shape index (κ1) is 19.5. The summed E-state index contributed by atoms with van der Waals surface area (Å²) in [6.07, 6.45) is 3.81. The van der Waals surface area contributed by atoms with Crippen LogP contribution in [0.3, 0.4) is 0 Å². The maximum atomic E-state index is 6.89. The summed E-state index contributed by atoms with van der Waals surface area (Å²) in [4.78, 5) is 0. The lowest BCUT2D eigenvalue weighted by atomic mass is 10.6. The van der Waals surface area contributed by atoms with E-state index in [1.165, 1.54) is 23.5 Å². The van der Waals surface area contributed by atoms with Crippen LogP contribution in [0.5, 0.6) is 0 Å². The largest absolute Gasteiger partial charge is 0.379 e. The molecule has 0 fully saturated rings. The Balaban J connectivity index is -0.000000605. The predicted molar refractivity (Wildman–Crippen MR) is 72.4 cm³/mol. The molecule has 0 aromatic rings. The third-order valence-corrected chi connectivity index (χ3v) is 2.18. The van der Waals surface area contributed by atoms with Crippen molar-refractivity contribution in [3.63, 3.8) is 0 Å². The summed E-state index contributed by atoms with van der Waals surface area (Å²) in [6.45, 7) is 0. The van der Waals surface area contributed by atoms with Crippen LogP contribution in [-0.4, -0.2) is 21.8 Å². The molecule has 0 spiro atoms. The molecule has 14 heavy (non-hydrogen) atoms. The summed E-state index contributed by atoms with van der Waals surface area (Å²) < 4.78 is 0. The molecule has 8 heteroatoms. The van der Waals surface area contributed by atoms with E-state index in [1.54, 1.807) is 0 Å². The molecule has 0 rings (SSSR count). The lowest BCUT2D eigenvalue weighted by Crippen LogP contribution is -2.04. The molecule has 0 atom stereocenters. The Labute approximate surface area is 104 Å². The third kappa shape index (κ3) is 17.9. The topological polar surface area (TPSA) is 99.7 Å². The Bertz CT molecular complexity index is 178. The minimum Gasteiger partial charge on any atom is -0.379 e. The number of thioether (sulfide) groups is 2. The quantitative estimate of drug-likeness (QED) is 0.356. The van der Waals surface area contributed by atoms with Crippen molar-refractivity contribution in [1.29, 1.82) is 10.8 Å². The summed E-state index contributed by atoms with van der Waals surface area (Å²) in [6, 6.07) is 0. The fourth-order valence-corrected chi connectivity index (χ4v) is 1.24. The zero-order valence-corrected chi connectivity index (χ0v) is 10.6. The van der Waals surface area contributed by atoms with Gasteiger partial charge in [-0.05, 0) is 0 Å². The Morgan fingerprint density at radius 3 is 1.43 bits per heavy atom. The summed E-state index contributed by atoms with van der Waals surface area (Å²) in [5.74, 6) is 1.40. The number of hydrogen-bond donors (Lipinski definition) is 4. The van der Waals surface area contributed by atoms with Gasteiger partial charge in [0.05, 0.1) is 0 Å². The molecule has 0 amide bonds. The molecule has 0 unspecified atom stereocenters. The van der Waals surface area contributed by atoms with Crippen LogP contribution < -0.4 is 11.5 Å². The maximum absolute atomic E-state index is 6.89. The van der Waals surface area contributed by atoms with Crippen LogP contribution in [0.2, 0.25) is 0 Å². The molecule has 4 nitrogen and oxygen atoms in total. The minimum absolute atomic E-state index is 0. The van der Waals surface area contributed by atoms with Crippen LogP contribution in [0, 0.1) is 10.8 Å². The monoisotopic (exact) mass is 276 g/mol. The summed E-state index contributed by atoms with van der Waals surface area (Å²) >= 11 is 2.54. The molecule has 0 aliphatic heterocycles. The molecule has 0 bridgehead atoms. The van der Waals surface area contributed by atoms with Crippen molar-refractivity contribution in [3.8, 4) is 0 Å². The normalized spacial score (nSPS) is 8.86. The van der Waals surface area contributed by atoms with E-state index in [1.807, 2.05) is 12.2 Å². The van der Waals surface area contributed by atoms with Crippen molar-refractivity contribution in [2.45, 2.75) is 0 Å². The molecule has 0 heterocycles. The van der Waals surface area contributed by atoms with E-state index in [2.05, 4.69) is 0 Å². The Morgan fingerprint density at radius 1 is 0.929 bits per heavy atom. The standard InChI is InChI=1S/C6H12N4S2.2ClH/c7-5(8)11-3-1-2-4-12-6(9)10;;/h1-2H,3-4H2,(H3,7,8)(H3,9,10);2*1H/b2-1+;;. The maximum Gasteiger partial charge on any atom is 0.151 e. The molecular weight excluding hydrogens is 263 g/mol. The Kier molecular flexibility index (Phi) is 18.1. The SMILES string of the molecule is Cl.Cl.N=C(N)SC/C=C/CSC(=N)N. The van der Waals surface area contributed by atoms with Crippen molar-refractivity contribution in [1.82, 2.24) is 0 Å². The molecular formula is C6H14Cl2N4S2. The van der Waals surface area contributed by atoms with E-state index >= 15 is 0 Å². The van der Waals surface area contributed by atoms with Crippen LogP contribution in [0.1, 0.15) is 0 Å². The third-order valence-electron chi connectivity index (χ3n) is 0.837. The first-order chi connectivity index (χ1) is 5.63. The van der Waals surface area contributed by atoms with Gasteiger partial charge >= 0.3 is 0 Å². The van der Waals surface area contributed by atoms with E-state index < -0.39 is 0 Å². The zero-order valence-electron chi connectivity index (χ0n) is 7.36. The summed E-state index contributed by atoms with van der Waals surface area (Å²) in [5, 5.41) is 14.0. The first-order valence-electron chi connectivity index (χ1n) is 3.21. The van der Waals surface area contributed by atoms with Crippen molar-refractivity contribution in [2.24, 2.45) is 11.5 Å². The van der Waals surface area contributed by atoms with Crippen molar-refractivity contribution in [3.05, 3.63) is 12.2 Å². The van der Waals surface area contributed by atoms with Gasteiger partial charge in [-0.25, -0.2) is 0 Å². The number of rotatable bonds is 4. The molecule has 6 N–H and O–H groups in total. The van der Waals surface area contributed by atoms with Gasteiger partial charge in [0, 0.05) is 11.5 Å². The molecule has 0 radical (unpaired) electrons. The highest BCUT2D eigenvalue weighted by molar-refractivity contribution is 8.14. The van der Waals surface area contributed by atoms with Crippen LogP contribution in [0.15, 0.2) is 12.2 Å². The van der Waals surface area contributed by atoms with Gasteiger partial charge in [0.2, 0.25) is 0 Å². The average molecular weight is 277 g/mol. The van der Waals surface area contributed by atoms with Crippen molar-refractivity contribution < 1.29 is 0 Å². The van der Waals surface area contributed by atoms with Gasteiger partial charge in [0.15, 0.2) is 10.3 Å². The van der Waals surface area contributed by atoms with Crippen LogP contribution >= 0.6 is 48.3 Å². The van der Waals surface area contributed by atoms with Gasteiger partial charge in [-0.2, -0.15) is 0 Å². The molecule has 84 valence electrons. The molecule has 0 aliphatic rings. The van der Waals surface area contributed by atoms with Gasteiger partial charge in [-0.3, -0.25) is 10.8 Å². The van der Waals surface area contributed by atoms with E-state index in [0.717, 1.165) is 0 Å². The molecule has 0 saturated carbocycles. The summed E-state index contributed by atoms with van der Waals surface area (Å²) in [7, 11) is 0. The number of nitrogens with two attached hydrogens (primary N) is 2. The summed E-state index contributed by atoms with van der Waals surface area (Å²) in [5.41, 5.74) is 10.2. The first-order valence-corrected chi connectivity index (χ1v) is 5.18. The van der Waals surface area contributed by atoms with Crippen molar-refractivity contribution >= 4 is 58.7 Å². The molecule has 0 aliphatic carbocycles. The van der Waals surface area contributed by atoms with Gasteiger partial charge in [0.1, 0.15) is 0 Å². The van der Waals surface area contributed by atoms with Gasteiger partial charge in [0.25, 0.3) is 0 Å². The van der Waals surface area contributed by atoms with E-state index in [9.17, 15) is 0 Å². The highest BCUT2D eigenvalue weighted by Gasteiger charge is 1.87. The van der Waals surface area contributed by atoms with E-state index in [0.29, 0.717) is 11.5 Å². The van der Waals surface area contributed by atoms with Crippen LogP contribution in [0.25, 0.3) is 0 Å². The average Bonchev–Trinajstić information content (AvgIpc) is 1.95. The van der Waals surface area contributed by atoms with E-state index in [4.69, 9.17) is 22.3 Å². The molecule has 0 saturated heterocycles. The zero-order chi connectivity index (χ0) is 9.40. The number of hydrogen-bond acceptors (Lipinski definition) is 4. The lowest BCUT2D eigenvalue weighted by molar-refractivity contribution is 1.50. The minimum atomic E-state index is 0. The number of amidine groups is 2. The van der Waals surface area contributed by atoms with Gasteiger partial charge in [-0.1, -0.05) is 35.7 Å². The smallest absolute Gasteiger partial charge is 0.151 e. The van der Waals surface area contributed by atoms with Crippen LogP contribution in [0.4, 0.5) is 0 Å². The van der Waals surface area contributed by atoms with Crippen molar-refractivity contribution in [2.75, 3.05) is 11.5 Å². The van der Waals surface area contributed by atoms with Crippen LogP contribution in [-0.2, 0) is 0 Å². The second-order valence-corrected chi connectivity index (χ2v) is 3.95. The molecule has 0 aromatic heterocycles. The second-order valence-electron chi connectivity index (χ2n) is 1.82. The molecule has 0 aromatic carbocycles. The highest BCUT2D eigenvalue weighted by Crippen LogP contribution is 2.01. The van der Waals surface area contributed by atoms with E-state index in [-0.39, 0.29) is 35.1 Å². The Morgan fingerprint density at radius 2 is 1.21 bits per heavy atom. The second kappa shape index (κ2) is 13.0. The highest BCUT2D eigenvalue weighted by atomic mass is 35.5. The fraction of sp³-hybridized carbons (Fsp3) is 0.333.